The first-order chi connectivity index (χ1) is 15.9. The Balaban J connectivity index is 1.55. The van der Waals surface area contributed by atoms with E-state index in [9.17, 15) is 18.0 Å². The van der Waals surface area contributed by atoms with Crippen LogP contribution in [-0.2, 0) is 19.4 Å². The van der Waals surface area contributed by atoms with Crippen LogP contribution in [0.5, 0.6) is 0 Å². The maximum absolute atomic E-state index is 13.3. The van der Waals surface area contributed by atoms with E-state index in [-0.39, 0.29) is 36.9 Å². The number of hydrogen-bond acceptors (Lipinski definition) is 7. The Bertz CT molecular complexity index is 1100. The van der Waals surface area contributed by atoms with Crippen molar-refractivity contribution in [2.24, 2.45) is 0 Å². The van der Waals surface area contributed by atoms with Gasteiger partial charge in [-0.3, -0.25) is 19.8 Å². The largest absolute Gasteiger partial charge is 0.381 e. The Morgan fingerprint density at radius 1 is 1.00 bits per heavy atom. The summed E-state index contributed by atoms with van der Waals surface area (Å²) in [7, 11) is -4.13. The fraction of sp³-hybridized carbons (Fsp3) is 0.435. The molecule has 2 aliphatic heterocycles. The third kappa shape index (κ3) is 4.38. The van der Waals surface area contributed by atoms with E-state index in [2.05, 4.69) is 4.98 Å². The Morgan fingerprint density at radius 3 is 2.24 bits per heavy atom. The number of amides is 2. The number of pyridine rings is 1. The Hall–Kier alpha value is -2.82. The normalized spacial score (nSPS) is 18.5. The van der Waals surface area contributed by atoms with Gasteiger partial charge in [-0.2, -0.15) is 0 Å². The van der Waals surface area contributed by atoms with Crippen LogP contribution in [0.3, 0.4) is 0 Å². The van der Waals surface area contributed by atoms with Gasteiger partial charge in [-0.05, 0) is 56.4 Å². The topological polar surface area (TPSA) is 126 Å². The highest BCUT2D eigenvalue weighted by Crippen LogP contribution is 2.35. The van der Waals surface area contributed by atoms with E-state index in [0.717, 1.165) is 37.9 Å². The van der Waals surface area contributed by atoms with Crippen LogP contribution in [0.4, 0.5) is 0 Å². The summed E-state index contributed by atoms with van der Waals surface area (Å²) in [5, 5.41) is 9.15. The molecule has 2 saturated heterocycles. The summed E-state index contributed by atoms with van der Waals surface area (Å²) in [6.45, 7) is 1.75. The highest BCUT2D eigenvalue weighted by molar-refractivity contribution is 7.93. The maximum atomic E-state index is 13.3. The average Bonchev–Trinajstić information content (AvgIpc) is 2.88. The van der Waals surface area contributed by atoms with Crippen molar-refractivity contribution in [3.8, 4) is 11.3 Å². The molecule has 0 saturated carbocycles. The quantitative estimate of drug-likeness (QED) is 0.504. The van der Waals surface area contributed by atoms with Crippen LogP contribution in [-0.4, -0.2) is 66.4 Å². The number of nitrogens with one attached hydrogen (secondary N) is 1. The van der Waals surface area contributed by atoms with Crippen LogP contribution >= 0.6 is 0 Å². The summed E-state index contributed by atoms with van der Waals surface area (Å²) in [5.41, 5.74) is 3.39. The molecule has 0 aliphatic carbocycles. The van der Waals surface area contributed by atoms with Crippen molar-refractivity contribution in [2.45, 2.75) is 41.7 Å². The molecule has 0 atom stereocenters. The second-order valence-corrected chi connectivity index (χ2v) is 10.6. The van der Waals surface area contributed by atoms with E-state index < -0.39 is 20.5 Å². The van der Waals surface area contributed by atoms with Crippen LogP contribution in [0, 0.1) is 0 Å². The third-order valence-corrected chi connectivity index (χ3v) is 8.93. The number of hydroxylamine groups is 1. The lowest BCUT2D eigenvalue weighted by Crippen LogP contribution is -2.54. The highest BCUT2D eigenvalue weighted by Gasteiger charge is 2.52. The number of aromatic nitrogens is 1. The number of carbonyl (C=O) groups is 2. The monoisotopic (exact) mass is 473 g/mol. The smallest absolute Gasteiger partial charge is 0.265 e. The third-order valence-electron chi connectivity index (χ3n) is 6.45. The average molecular weight is 474 g/mol. The molecule has 0 bridgehead atoms. The molecule has 3 heterocycles. The molecule has 2 fully saturated rings. The molecule has 0 radical (unpaired) electrons. The van der Waals surface area contributed by atoms with Gasteiger partial charge in [0.25, 0.3) is 11.8 Å². The molecule has 0 unspecified atom stereocenters. The first kappa shape index (κ1) is 23.3. The molecule has 4 rings (SSSR count). The molecule has 1 aromatic heterocycles. The van der Waals surface area contributed by atoms with Crippen molar-refractivity contribution in [2.75, 3.05) is 26.3 Å². The Morgan fingerprint density at radius 2 is 1.67 bits per heavy atom. The summed E-state index contributed by atoms with van der Waals surface area (Å²) < 4.78 is 30.1. The first-order valence-corrected chi connectivity index (χ1v) is 12.5. The summed E-state index contributed by atoms with van der Waals surface area (Å²) >= 11 is 0. The SMILES string of the molecule is O=C(c1ccc(-c2ccc(S(=O)(=O)C3(C(=O)NO)CCOCC3)cn2)cc1)N1CCCCC1. The lowest BCUT2D eigenvalue weighted by Gasteiger charge is -2.34. The van der Waals surface area contributed by atoms with E-state index in [4.69, 9.17) is 9.94 Å². The van der Waals surface area contributed by atoms with Gasteiger partial charge < -0.3 is 9.64 Å². The molecule has 9 nitrogen and oxygen atoms in total. The molecule has 0 spiro atoms. The van der Waals surface area contributed by atoms with Crippen molar-refractivity contribution in [3.05, 3.63) is 48.2 Å². The predicted octanol–water partition coefficient (Wildman–Crippen LogP) is 2.20. The summed E-state index contributed by atoms with van der Waals surface area (Å²) in [5.74, 6) is -0.955. The zero-order valence-corrected chi connectivity index (χ0v) is 19.0. The Labute approximate surface area is 192 Å². The number of sulfone groups is 1. The fourth-order valence-electron chi connectivity index (χ4n) is 4.42. The summed E-state index contributed by atoms with van der Waals surface area (Å²) in [6.07, 6.45) is 4.31. The van der Waals surface area contributed by atoms with Gasteiger partial charge in [0, 0.05) is 43.6 Å². The zero-order chi connectivity index (χ0) is 23.5. The van der Waals surface area contributed by atoms with Gasteiger partial charge in [-0.15, -0.1) is 0 Å². The molecule has 10 heteroatoms. The molecule has 2 aliphatic rings. The van der Waals surface area contributed by atoms with Gasteiger partial charge >= 0.3 is 0 Å². The second kappa shape index (κ2) is 9.58. The van der Waals surface area contributed by atoms with Crippen LogP contribution in [0.1, 0.15) is 42.5 Å². The minimum absolute atomic E-state index is 0.0135. The molecular formula is C23H27N3O6S. The van der Waals surface area contributed by atoms with E-state index in [0.29, 0.717) is 11.3 Å². The highest BCUT2D eigenvalue weighted by atomic mass is 32.2. The number of piperidine rings is 1. The molecule has 33 heavy (non-hydrogen) atoms. The molecule has 176 valence electrons. The van der Waals surface area contributed by atoms with Gasteiger partial charge in [-0.1, -0.05) is 12.1 Å². The molecular weight excluding hydrogens is 446 g/mol. The minimum Gasteiger partial charge on any atom is -0.381 e. The van der Waals surface area contributed by atoms with E-state index >= 15 is 0 Å². The van der Waals surface area contributed by atoms with Crippen molar-refractivity contribution in [1.82, 2.24) is 15.4 Å². The number of benzene rings is 1. The van der Waals surface area contributed by atoms with Crippen molar-refractivity contribution >= 4 is 21.7 Å². The Kier molecular flexibility index (Phi) is 6.78. The van der Waals surface area contributed by atoms with Gasteiger partial charge in [0.2, 0.25) is 0 Å². The molecule has 2 N–H and O–H groups in total. The number of rotatable bonds is 5. The van der Waals surface area contributed by atoms with Crippen molar-refractivity contribution < 1.29 is 28.0 Å². The number of nitrogens with zero attached hydrogens (tertiary/aromatic N) is 2. The standard InChI is InChI=1S/C23H27N3O6S/c27-21(26-12-2-1-3-13-26)18-6-4-17(5-7-18)20-9-8-19(16-24-20)33(30,31)23(22(28)25-29)10-14-32-15-11-23/h4-9,16,29H,1-3,10-15H2,(H,25,28). The zero-order valence-electron chi connectivity index (χ0n) is 18.2. The van der Waals surface area contributed by atoms with Crippen molar-refractivity contribution in [3.63, 3.8) is 0 Å². The van der Waals surface area contributed by atoms with E-state index in [1.54, 1.807) is 30.3 Å². The van der Waals surface area contributed by atoms with E-state index in [1.807, 2.05) is 4.90 Å². The number of ether oxygens (including phenoxy) is 1. The molecule has 1 aromatic carbocycles. The number of hydrogen-bond donors (Lipinski definition) is 2. The molecule has 2 amide bonds. The summed E-state index contributed by atoms with van der Waals surface area (Å²) in [4.78, 5) is 31.1. The van der Waals surface area contributed by atoms with Crippen LogP contribution in [0.25, 0.3) is 11.3 Å². The van der Waals surface area contributed by atoms with Gasteiger partial charge in [0.15, 0.2) is 14.6 Å². The maximum Gasteiger partial charge on any atom is 0.265 e. The number of carbonyl (C=O) groups excluding carboxylic acids is 2. The molecule has 2 aromatic rings. The van der Waals surface area contributed by atoms with Gasteiger partial charge in [0.1, 0.15) is 0 Å². The first-order valence-electron chi connectivity index (χ1n) is 11.0. The van der Waals surface area contributed by atoms with Crippen LogP contribution < -0.4 is 5.48 Å². The number of likely N-dealkylation sites (tertiary alicyclic amines) is 1. The van der Waals surface area contributed by atoms with Gasteiger partial charge in [0.05, 0.1) is 10.6 Å². The van der Waals surface area contributed by atoms with Crippen LogP contribution in [0.15, 0.2) is 47.5 Å². The van der Waals surface area contributed by atoms with Crippen molar-refractivity contribution in [1.29, 1.82) is 0 Å². The predicted molar refractivity (Wildman–Crippen MR) is 119 cm³/mol. The summed E-state index contributed by atoms with van der Waals surface area (Å²) in [6, 6.07) is 10.0. The second-order valence-electron chi connectivity index (χ2n) is 8.36. The van der Waals surface area contributed by atoms with Gasteiger partial charge in [-0.25, -0.2) is 13.9 Å². The fourth-order valence-corrected chi connectivity index (χ4v) is 6.30. The van der Waals surface area contributed by atoms with E-state index in [1.165, 1.54) is 17.7 Å². The van der Waals surface area contributed by atoms with Crippen LogP contribution in [0.2, 0.25) is 0 Å². The minimum atomic E-state index is -4.13. The lowest BCUT2D eigenvalue weighted by molar-refractivity contribution is -0.134. The lowest BCUT2D eigenvalue weighted by atomic mass is 9.98.